The largest absolute Gasteiger partial charge is 0.493 e. The number of nitrogens with zero attached hydrogens (tertiary/aromatic N) is 1. The molecular formula is C22H24F3NO7S. The van der Waals surface area contributed by atoms with Gasteiger partial charge in [-0.25, -0.2) is 8.42 Å². The van der Waals surface area contributed by atoms with Gasteiger partial charge in [0.15, 0.2) is 11.5 Å². The summed E-state index contributed by atoms with van der Waals surface area (Å²) in [6, 6.07) is 4.26. The van der Waals surface area contributed by atoms with Crippen LogP contribution in [-0.2, 0) is 32.3 Å². The summed E-state index contributed by atoms with van der Waals surface area (Å²) < 4.78 is 88.5. The van der Waals surface area contributed by atoms with E-state index in [-0.39, 0.29) is 35.1 Å². The molecular weight excluding hydrogens is 479 g/mol. The summed E-state index contributed by atoms with van der Waals surface area (Å²) in [4.78, 5) is 12.0. The first-order valence-electron chi connectivity index (χ1n) is 10.1. The van der Waals surface area contributed by atoms with Gasteiger partial charge in [-0.2, -0.15) is 17.5 Å². The summed E-state index contributed by atoms with van der Waals surface area (Å²) in [6.07, 6.45) is -5.14. The molecule has 0 fully saturated rings. The number of hydrogen-bond acceptors (Lipinski definition) is 7. The predicted octanol–water partition coefficient (Wildman–Crippen LogP) is 3.93. The number of rotatable bonds is 8. The van der Waals surface area contributed by atoms with Gasteiger partial charge in [0.1, 0.15) is 0 Å². The molecule has 0 unspecified atom stereocenters. The van der Waals surface area contributed by atoms with Gasteiger partial charge in [0.25, 0.3) is 0 Å². The monoisotopic (exact) mass is 503 g/mol. The smallest absolute Gasteiger partial charge is 0.416 e. The lowest BCUT2D eigenvalue weighted by molar-refractivity contribution is -0.144. The number of hydrogen-bond donors (Lipinski definition) is 0. The fourth-order valence-corrected chi connectivity index (χ4v) is 5.69. The van der Waals surface area contributed by atoms with Crippen LogP contribution in [0, 0.1) is 0 Å². The molecule has 12 heteroatoms. The van der Waals surface area contributed by atoms with E-state index in [1.807, 2.05) is 0 Å². The maximum atomic E-state index is 13.3. The van der Waals surface area contributed by atoms with Crippen molar-refractivity contribution in [3.8, 4) is 17.2 Å². The summed E-state index contributed by atoms with van der Waals surface area (Å²) >= 11 is 0. The molecule has 1 aliphatic rings. The Hall–Kier alpha value is -2.99. The number of sulfonamides is 1. The number of halogens is 3. The van der Waals surface area contributed by atoms with Crippen LogP contribution in [0.25, 0.3) is 0 Å². The number of ether oxygens (including phenoxy) is 4. The van der Waals surface area contributed by atoms with E-state index in [1.54, 1.807) is 6.92 Å². The van der Waals surface area contributed by atoms with Gasteiger partial charge in [0.05, 0.1) is 50.9 Å². The first-order valence-corrected chi connectivity index (χ1v) is 11.6. The second-order valence-electron chi connectivity index (χ2n) is 7.36. The van der Waals surface area contributed by atoms with Gasteiger partial charge >= 0.3 is 12.1 Å². The highest BCUT2D eigenvalue weighted by atomic mass is 32.2. The minimum Gasteiger partial charge on any atom is -0.493 e. The quantitative estimate of drug-likeness (QED) is 0.504. The Kier molecular flexibility index (Phi) is 7.32. The number of alkyl halides is 3. The van der Waals surface area contributed by atoms with Crippen LogP contribution in [0.1, 0.15) is 36.1 Å². The minimum atomic E-state index is -4.68. The topological polar surface area (TPSA) is 91.4 Å². The molecule has 2 aromatic carbocycles. The summed E-state index contributed by atoms with van der Waals surface area (Å²) in [6.45, 7) is 1.35. The molecule has 0 bridgehead atoms. The van der Waals surface area contributed by atoms with Gasteiger partial charge in [0.2, 0.25) is 15.8 Å². The maximum absolute atomic E-state index is 13.3. The molecule has 1 atom stereocenters. The number of benzene rings is 2. The van der Waals surface area contributed by atoms with Gasteiger partial charge in [0, 0.05) is 6.54 Å². The van der Waals surface area contributed by atoms with Crippen LogP contribution >= 0.6 is 0 Å². The number of carbonyl (C=O) groups is 1. The highest BCUT2D eigenvalue weighted by Gasteiger charge is 2.45. The second-order valence-corrected chi connectivity index (χ2v) is 9.22. The molecule has 0 aliphatic carbocycles. The summed E-state index contributed by atoms with van der Waals surface area (Å²) in [5.74, 6) is 0.0987. The number of esters is 1. The molecule has 2 aromatic rings. The number of fused-ring (bicyclic) bond motifs is 1. The van der Waals surface area contributed by atoms with Crippen LogP contribution in [0.3, 0.4) is 0 Å². The van der Waals surface area contributed by atoms with Gasteiger partial charge in [-0.05, 0) is 48.4 Å². The third-order valence-corrected chi connectivity index (χ3v) is 7.29. The molecule has 0 N–H and O–H groups in total. The van der Waals surface area contributed by atoms with Crippen LogP contribution in [-0.4, -0.2) is 46.6 Å². The average molecular weight is 503 g/mol. The molecule has 0 saturated carbocycles. The van der Waals surface area contributed by atoms with E-state index in [9.17, 15) is 26.4 Å². The highest BCUT2D eigenvalue weighted by Crippen LogP contribution is 2.46. The van der Waals surface area contributed by atoms with Gasteiger partial charge in [-0.15, -0.1) is 0 Å². The lowest BCUT2D eigenvalue weighted by atomic mass is 10.0. The molecule has 0 aromatic heterocycles. The fourth-order valence-electron chi connectivity index (χ4n) is 3.86. The Morgan fingerprint density at radius 2 is 1.65 bits per heavy atom. The summed E-state index contributed by atoms with van der Waals surface area (Å²) in [7, 11) is -0.0250. The Morgan fingerprint density at radius 1 is 1.03 bits per heavy atom. The summed E-state index contributed by atoms with van der Waals surface area (Å²) in [5.41, 5.74) is -0.712. The molecule has 186 valence electrons. The molecule has 0 spiro atoms. The zero-order chi connectivity index (χ0) is 25.3. The Labute approximate surface area is 195 Å². The van der Waals surface area contributed by atoms with E-state index in [4.69, 9.17) is 18.9 Å². The van der Waals surface area contributed by atoms with Crippen molar-refractivity contribution in [1.29, 1.82) is 0 Å². The molecule has 1 aliphatic heterocycles. The van der Waals surface area contributed by atoms with Crippen LogP contribution in [0.5, 0.6) is 17.2 Å². The third-order valence-electron chi connectivity index (χ3n) is 5.36. The Morgan fingerprint density at radius 3 is 2.15 bits per heavy atom. The van der Waals surface area contributed by atoms with E-state index in [1.165, 1.54) is 33.5 Å². The third kappa shape index (κ3) is 4.78. The van der Waals surface area contributed by atoms with Gasteiger partial charge < -0.3 is 18.9 Å². The van der Waals surface area contributed by atoms with E-state index >= 15 is 0 Å². The average Bonchev–Trinajstić information content (AvgIpc) is 2.98. The van der Waals surface area contributed by atoms with Crippen molar-refractivity contribution in [2.75, 3.05) is 27.9 Å². The first-order chi connectivity index (χ1) is 16.0. The zero-order valence-electron chi connectivity index (χ0n) is 18.9. The highest BCUT2D eigenvalue weighted by molar-refractivity contribution is 7.89. The molecule has 8 nitrogen and oxygen atoms in total. The van der Waals surface area contributed by atoms with E-state index in [2.05, 4.69) is 0 Å². The van der Waals surface area contributed by atoms with Crippen molar-refractivity contribution < 1.29 is 45.3 Å². The minimum absolute atomic E-state index is 0.0423. The van der Waals surface area contributed by atoms with Crippen LogP contribution in [0.4, 0.5) is 13.2 Å². The second kappa shape index (κ2) is 9.71. The molecule has 0 saturated heterocycles. The van der Waals surface area contributed by atoms with Crippen molar-refractivity contribution in [3.05, 3.63) is 47.0 Å². The zero-order valence-corrected chi connectivity index (χ0v) is 19.7. The molecule has 34 heavy (non-hydrogen) atoms. The van der Waals surface area contributed by atoms with Crippen molar-refractivity contribution in [1.82, 2.24) is 4.31 Å². The standard InChI is InChI=1S/C22H24F3NO7S/c1-5-33-20(27)11-16-15-10-14(22(23,24)25)6-7-19(15)34(28,29)26(16)12-13-8-17(30-2)21(32-4)18(9-13)31-3/h6-10,16H,5,11-12H2,1-4H3/t16-/m0/s1. The lowest BCUT2D eigenvalue weighted by Crippen LogP contribution is -2.29. The molecule has 0 radical (unpaired) electrons. The number of methoxy groups -OCH3 is 3. The lowest BCUT2D eigenvalue weighted by Gasteiger charge is -2.24. The molecule has 0 amide bonds. The van der Waals surface area contributed by atoms with E-state index in [0.29, 0.717) is 17.4 Å². The first kappa shape index (κ1) is 25.6. The Bertz CT molecular complexity index is 1160. The van der Waals surface area contributed by atoms with Gasteiger partial charge in [-0.3, -0.25) is 4.79 Å². The van der Waals surface area contributed by atoms with Crippen LogP contribution in [0.2, 0.25) is 0 Å². The molecule has 1 heterocycles. The van der Waals surface area contributed by atoms with Crippen molar-refractivity contribution in [2.45, 2.75) is 37.0 Å². The molecule has 3 rings (SSSR count). The van der Waals surface area contributed by atoms with Crippen molar-refractivity contribution >= 4 is 16.0 Å². The number of carbonyl (C=O) groups excluding carboxylic acids is 1. The fraction of sp³-hybridized carbons (Fsp3) is 0.409. The van der Waals surface area contributed by atoms with Crippen LogP contribution in [0.15, 0.2) is 35.2 Å². The van der Waals surface area contributed by atoms with E-state index < -0.39 is 40.2 Å². The van der Waals surface area contributed by atoms with Gasteiger partial charge in [-0.1, -0.05) is 0 Å². The Balaban J connectivity index is 2.12. The maximum Gasteiger partial charge on any atom is 0.416 e. The van der Waals surface area contributed by atoms with Crippen molar-refractivity contribution in [3.63, 3.8) is 0 Å². The predicted molar refractivity (Wildman–Crippen MR) is 114 cm³/mol. The van der Waals surface area contributed by atoms with Crippen molar-refractivity contribution in [2.24, 2.45) is 0 Å². The normalized spacial score (nSPS) is 17.2. The van der Waals surface area contributed by atoms with E-state index in [0.717, 1.165) is 16.4 Å². The summed E-state index contributed by atoms with van der Waals surface area (Å²) in [5, 5.41) is 0. The SMILES string of the molecule is CCOC(=O)C[C@H]1c2cc(C(F)(F)F)ccc2S(=O)(=O)N1Cc1cc(OC)c(OC)c(OC)c1. The van der Waals surface area contributed by atoms with Crippen LogP contribution < -0.4 is 14.2 Å².